The SMILES string of the molecule is COC(=O)c1csc(-c2coc3c(O[C@H](C)c4c(Cl)ccc(F)c4Cl)c(N)ncc23)c1. The number of methoxy groups -OCH3 is 1. The summed E-state index contributed by atoms with van der Waals surface area (Å²) in [5.74, 6) is -0.776. The Balaban J connectivity index is 1.75. The predicted molar refractivity (Wildman–Crippen MR) is 119 cm³/mol. The maximum absolute atomic E-state index is 13.9. The van der Waals surface area contributed by atoms with E-state index in [1.54, 1.807) is 24.6 Å². The highest BCUT2D eigenvalue weighted by Crippen LogP contribution is 2.42. The molecule has 3 heterocycles. The summed E-state index contributed by atoms with van der Waals surface area (Å²) in [5.41, 5.74) is 7.81. The molecule has 0 aliphatic heterocycles. The fourth-order valence-electron chi connectivity index (χ4n) is 3.14. The van der Waals surface area contributed by atoms with Gasteiger partial charge in [0.05, 0.1) is 23.1 Å². The van der Waals surface area contributed by atoms with Crippen molar-refractivity contribution in [2.75, 3.05) is 12.8 Å². The van der Waals surface area contributed by atoms with Gasteiger partial charge in [-0.1, -0.05) is 23.2 Å². The fourth-order valence-corrected chi connectivity index (χ4v) is 4.71. The van der Waals surface area contributed by atoms with Crippen LogP contribution in [0.15, 0.2) is 40.5 Å². The van der Waals surface area contributed by atoms with Crippen molar-refractivity contribution in [3.8, 4) is 16.2 Å². The molecule has 4 aromatic rings. The number of benzene rings is 1. The van der Waals surface area contributed by atoms with Crippen LogP contribution < -0.4 is 10.5 Å². The lowest BCUT2D eigenvalue weighted by Gasteiger charge is -2.18. The van der Waals surface area contributed by atoms with Gasteiger partial charge in [0.2, 0.25) is 5.75 Å². The van der Waals surface area contributed by atoms with Crippen LogP contribution in [-0.2, 0) is 4.74 Å². The van der Waals surface area contributed by atoms with Crippen molar-refractivity contribution in [1.29, 1.82) is 0 Å². The maximum Gasteiger partial charge on any atom is 0.338 e. The molecule has 0 saturated heterocycles. The number of hydrogen-bond acceptors (Lipinski definition) is 7. The van der Waals surface area contributed by atoms with Crippen molar-refractivity contribution in [2.45, 2.75) is 13.0 Å². The number of nitrogens with two attached hydrogens (primary N) is 1. The van der Waals surface area contributed by atoms with Gasteiger partial charge < -0.3 is 19.6 Å². The van der Waals surface area contributed by atoms with E-state index >= 15 is 0 Å². The van der Waals surface area contributed by atoms with Crippen LogP contribution in [0.3, 0.4) is 0 Å². The number of carbonyl (C=O) groups is 1. The van der Waals surface area contributed by atoms with Gasteiger partial charge in [0.1, 0.15) is 18.2 Å². The number of nitrogen functional groups attached to an aromatic ring is 1. The summed E-state index contributed by atoms with van der Waals surface area (Å²) in [5, 5.41) is 2.45. The minimum atomic E-state index is -0.744. The number of anilines is 1. The van der Waals surface area contributed by atoms with E-state index < -0.39 is 17.9 Å². The normalized spacial score (nSPS) is 12.2. The lowest BCUT2D eigenvalue weighted by molar-refractivity contribution is 0.0601. The lowest BCUT2D eigenvalue weighted by atomic mass is 10.1. The molecular formula is C21H15Cl2FN2O4S. The Morgan fingerprint density at radius 3 is 2.87 bits per heavy atom. The fraction of sp³-hybridized carbons (Fsp3) is 0.143. The van der Waals surface area contributed by atoms with E-state index in [2.05, 4.69) is 4.98 Å². The number of halogens is 3. The van der Waals surface area contributed by atoms with Gasteiger partial charge in [0, 0.05) is 32.6 Å². The topological polar surface area (TPSA) is 87.6 Å². The largest absolute Gasteiger partial charge is 0.478 e. The summed E-state index contributed by atoms with van der Waals surface area (Å²) in [7, 11) is 1.32. The minimum absolute atomic E-state index is 0.0883. The molecule has 2 N–H and O–H groups in total. The van der Waals surface area contributed by atoms with Crippen LogP contribution in [0.2, 0.25) is 10.0 Å². The Morgan fingerprint density at radius 1 is 1.35 bits per heavy atom. The van der Waals surface area contributed by atoms with E-state index in [9.17, 15) is 9.18 Å². The van der Waals surface area contributed by atoms with Crippen molar-refractivity contribution >= 4 is 57.3 Å². The smallest absolute Gasteiger partial charge is 0.338 e. The van der Waals surface area contributed by atoms with Gasteiger partial charge in [-0.15, -0.1) is 11.3 Å². The third-order valence-electron chi connectivity index (χ3n) is 4.67. The van der Waals surface area contributed by atoms with Gasteiger partial charge in [-0.2, -0.15) is 0 Å². The molecule has 1 atom stereocenters. The number of rotatable bonds is 5. The molecule has 6 nitrogen and oxygen atoms in total. The first-order chi connectivity index (χ1) is 14.8. The summed E-state index contributed by atoms with van der Waals surface area (Å²) in [4.78, 5) is 16.7. The van der Waals surface area contributed by atoms with Crippen molar-refractivity contribution < 1.29 is 23.1 Å². The zero-order valence-corrected chi connectivity index (χ0v) is 18.6. The zero-order chi connectivity index (χ0) is 22.3. The standard InChI is InChI=1S/C21H15Cl2FN2O4S/c1-9(16-13(22)3-4-14(24)17(16)23)30-19-18-11(6-26-20(19)25)12(7-29-18)15-5-10(8-31-15)21(27)28-2/h3-9H,1-2H3,(H2,25,26)/t9-/m1/s1. The van der Waals surface area contributed by atoms with Crippen LogP contribution >= 0.6 is 34.5 Å². The van der Waals surface area contributed by atoms with E-state index in [1.807, 2.05) is 0 Å². The molecule has 4 rings (SSSR count). The van der Waals surface area contributed by atoms with Crippen LogP contribution in [0.1, 0.15) is 28.9 Å². The van der Waals surface area contributed by atoms with Gasteiger partial charge in [-0.3, -0.25) is 0 Å². The highest BCUT2D eigenvalue weighted by atomic mass is 35.5. The van der Waals surface area contributed by atoms with Gasteiger partial charge in [-0.05, 0) is 25.1 Å². The van der Waals surface area contributed by atoms with Crippen LogP contribution in [-0.4, -0.2) is 18.1 Å². The average Bonchev–Trinajstić information content (AvgIpc) is 3.39. The van der Waals surface area contributed by atoms with E-state index in [0.717, 1.165) is 4.88 Å². The Labute approximate surface area is 190 Å². The van der Waals surface area contributed by atoms with Gasteiger partial charge in [0.25, 0.3) is 0 Å². The van der Waals surface area contributed by atoms with Crippen molar-refractivity contribution in [2.24, 2.45) is 0 Å². The molecule has 10 heteroatoms. The molecule has 160 valence electrons. The Morgan fingerprint density at radius 2 is 2.13 bits per heavy atom. The minimum Gasteiger partial charge on any atom is -0.478 e. The van der Waals surface area contributed by atoms with Crippen LogP contribution in [0.25, 0.3) is 21.4 Å². The lowest BCUT2D eigenvalue weighted by Crippen LogP contribution is -2.08. The van der Waals surface area contributed by atoms with E-state index in [4.69, 9.17) is 42.8 Å². The quantitative estimate of drug-likeness (QED) is 0.258. The molecule has 0 amide bonds. The number of carbonyl (C=O) groups excluding carboxylic acids is 1. The highest BCUT2D eigenvalue weighted by molar-refractivity contribution is 7.14. The number of hydrogen-bond donors (Lipinski definition) is 1. The number of thiophene rings is 1. The second-order valence-corrected chi connectivity index (χ2v) is 8.27. The van der Waals surface area contributed by atoms with Crippen molar-refractivity contribution in [3.63, 3.8) is 0 Å². The Hall–Kier alpha value is -2.81. The number of aromatic nitrogens is 1. The molecule has 3 aromatic heterocycles. The first kappa shape index (κ1) is 21.4. The van der Waals surface area contributed by atoms with Crippen LogP contribution in [0.4, 0.5) is 10.2 Å². The summed E-state index contributed by atoms with van der Waals surface area (Å²) >= 11 is 13.7. The zero-order valence-electron chi connectivity index (χ0n) is 16.2. The number of pyridine rings is 1. The van der Waals surface area contributed by atoms with Crippen molar-refractivity contribution in [3.05, 3.63) is 63.0 Å². The number of esters is 1. The first-order valence-electron chi connectivity index (χ1n) is 8.94. The number of ether oxygens (including phenoxy) is 2. The monoisotopic (exact) mass is 480 g/mol. The highest BCUT2D eigenvalue weighted by Gasteiger charge is 2.23. The maximum atomic E-state index is 13.9. The number of fused-ring (bicyclic) bond motifs is 1. The second kappa shape index (κ2) is 8.37. The molecule has 0 bridgehead atoms. The van der Waals surface area contributed by atoms with Gasteiger partial charge in [-0.25, -0.2) is 14.2 Å². The molecule has 0 saturated carbocycles. The van der Waals surface area contributed by atoms with Gasteiger partial charge in [0.15, 0.2) is 11.4 Å². The summed E-state index contributed by atoms with van der Waals surface area (Å²) in [6.07, 6.45) is 2.34. The van der Waals surface area contributed by atoms with Crippen LogP contribution in [0.5, 0.6) is 5.75 Å². The molecule has 1 aromatic carbocycles. The van der Waals surface area contributed by atoms with Crippen molar-refractivity contribution in [1.82, 2.24) is 4.98 Å². The number of nitrogens with zero attached hydrogens (tertiary/aromatic N) is 1. The average molecular weight is 481 g/mol. The van der Waals surface area contributed by atoms with E-state index in [1.165, 1.54) is 36.8 Å². The first-order valence-corrected chi connectivity index (χ1v) is 10.6. The third kappa shape index (κ3) is 3.82. The third-order valence-corrected chi connectivity index (χ3v) is 6.34. The molecule has 0 fully saturated rings. The molecule has 0 aliphatic rings. The summed E-state index contributed by atoms with van der Waals surface area (Å²) in [6, 6.07) is 4.29. The van der Waals surface area contributed by atoms with Crippen LogP contribution in [0, 0.1) is 5.82 Å². The van der Waals surface area contributed by atoms with Gasteiger partial charge >= 0.3 is 5.97 Å². The Bertz CT molecular complexity index is 1300. The number of furan rings is 1. The Kier molecular flexibility index (Phi) is 5.79. The second-order valence-electron chi connectivity index (χ2n) is 6.57. The molecule has 0 unspecified atom stereocenters. The molecule has 0 radical (unpaired) electrons. The molecule has 31 heavy (non-hydrogen) atoms. The molecule has 0 spiro atoms. The molecular weight excluding hydrogens is 466 g/mol. The summed E-state index contributed by atoms with van der Waals surface area (Å²) < 4.78 is 30.4. The van der Waals surface area contributed by atoms with E-state index in [0.29, 0.717) is 22.1 Å². The molecule has 0 aliphatic carbocycles. The summed E-state index contributed by atoms with van der Waals surface area (Å²) in [6.45, 7) is 1.66. The van der Waals surface area contributed by atoms with E-state index in [-0.39, 0.29) is 27.2 Å². The predicted octanol–water partition coefficient (Wildman–Crippen LogP) is 6.51.